The average molecular weight is 229 g/mol. The number of rotatable bonds is 4. The van der Waals surface area contributed by atoms with Gasteiger partial charge in [0.25, 0.3) is 0 Å². The normalized spacial score (nSPS) is 9.94. The second kappa shape index (κ2) is 5.25. The minimum absolute atomic E-state index is 0.578. The van der Waals surface area contributed by atoms with Crippen molar-refractivity contribution in [1.82, 2.24) is 0 Å². The molecule has 0 fully saturated rings. The summed E-state index contributed by atoms with van der Waals surface area (Å²) in [5.41, 5.74) is 6.38. The third kappa shape index (κ3) is 2.91. The maximum Gasteiger partial charge on any atom is 0.169 e. The Kier molecular flexibility index (Phi) is 3.50. The summed E-state index contributed by atoms with van der Waals surface area (Å²) in [6, 6.07) is 15.0. The molecule has 0 saturated carbocycles. The maximum absolute atomic E-state index is 5.74. The van der Waals surface area contributed by atoms with Gasteiger partial charge >= 0.3 is 0 Å². The Bertz CT molecular complexity index is 483. The predicted molar refractivity (Wildman–Crippen MR) is 68.5 cm³/mol. The molecule has 0 atom stereocenters. The summed E-state index contributed by atoms with van der Waals surface area (Å²) in [5.74, 6) is 2.11. The van der Waals surface area contributed by atoms with Crippen molar-refractivity contribution in [3.8, 4) is 17.2 Å². The van der Waals surface area contributed by atoms with Crippen LogP contribution in [0.5, 0.6) is 17.2 Å². The van der Waals surface area contributed by atoms with Crippen molar-refractivity contribution in [2.24, 2.45) is 0 Å². The van der Waals surface area contributed by atoms with Gasteiger partial charge in [-0.05, 0) is 31.2 Å². The van der Waals surface area contributed by atoms with E-state index in [0.717, 1.165) is 5.75 Å². The van der Waals surface area contributed by atoms with Crippen LogP contribution in [0.1, 0.15) is 6.92 Å². The fraction of sp³-hybridized carbons (Fsp3) is 0.143. The lowest BCUT2D eigenvalue weighted by molar-refractivity contribution is 0.321. The van der Waals surface area contributed by atoms with Crippen LogP contribution in [0.15, 0.2) is 48.5 Å². The van der Waals surface area contributed by atoms with Gasteiger partial charge in [0.1, 0.15) is 5.75 Å². The lowest BCUT2D eigenvalue weighted by atomic mass is 10.3. The summed E-state index contributed by atoms with van der Waals surface area (Å²) in [4.78, 5) is 0. The number of anilines is 1. The summed E-state index contributed by atoms with van der Waals surface area (Å²) in [6.45, 7) is 2.50. The fourth-order valence-corrected chi connectivity index (χ4v) is 1.49. The highest BCUT2D eigenvalue weighted by Gasteiger charge is 2.06. The van der Waals surface area contributed by atoms with E-state index in [4.69, 9.17) is 15.2 Å². The van der Waals surface area contributed by atoms with E-state index >= 15 is 0 Å². The monoisotopic (exact) mass is 229 g/mol. The van der Waals surface area contributed by atoms with E-state index in [-0.39, 0.29) is 0 Å². The molecule has 0 aliphatic rings. The highest BCUT2D eigenvalue weighted by atomic mass is 16.5. The number of ether oxygens (including phenoxy) is 2. The van der Waals surface area contributed by atoms with E-state index in [9.17, 15) is 0 Å². The SMILES string of the molecule is CCOc1cc(N)ccc1Oc1ccccc1. The molecule has 2 N–H and O–H groups in total. The largest absolute Gasteiger partial charge is 0.490 e. The Hall–Kier alpha value is -2.16. The molecule has 0 aromatic heterocycles. The van der Waals surface area contributed by atoms with E-state index in [2.05, 4.69) is 0 Å². The van der Waals surface area contributed by atoms with E-state index < -0.39 is 0 Å². The fourth-order valence-electron chi connectivity index (χ4n) is 1.49. The van der Waals surface area contributed by atoms with Crippen LogP contribution in [0.3, 0.4) is 0 Å². The molecule has 2 aromatic rings. The molecule has 0 radical (unpaired) electrons. The van der Waals surface area contributed by atoms with Gasteiger partial charge in [-0.3, -0.25) is 0 Å². The van der Waals surface area contributed by atoms with Gasteiger partial charge < -0.3 is 15.2 Å². The maximum atomic E-state index is 5.74. The minimum atomic E-state index is 0.578. The zero-order valence-corrected chi connectivity index (χ0v) is 9.72. The molecule has 0 spiro atoms. The summed E-state index contributed by atoms with van der Waals surface area (Å²) < 4.78 is 11.2. The molecule has 0 amide bonds. The predicted octanol–water partition coefficient (Wildman–Crippen LogP) is 3.46. The van der Waals surface area contributed by atoms with Crippen molar-refractivity contribution in [3.05, 3.63) is 48.5 Å². The van der Waals surface area contributed by atoms with Crippen molar-refractivity contribution in [3.63, 3.8) is 0 Å². The zero-order valence-electron chi connectivity index (χ0n) is 9.72. The zero-order chi connectivity index (χ0) is 12.1. The first-order valence-electron chi connectivity index (χ1n) is 5.55. The highest BCUT2D eigenvalue weighted by Crippen LogP contribution is 2.33. The van der Waals surface area contributed by atoms with E-state index in [1.165, 1.54) is 0 Å². The topological polar surface area (TPSA) is 44.5 Å². The first-order chi connectivity index (χ1) is 8.29. The van der Waals surface area contributed by atoms with Crippen molar-refractivity contribution >= 4 is 5.69 Å². The van der Waals surface area contributed by atoms with Gasteiger partial charge in [-0.15, -0.1) is 0 Å². The Morgan fingerprint density at radius 1 is 1.00 bits per heavy atom. The van der Waals surface area contributed by atoms with Gasteiger partial charge in [0, 0.05) is 11.8 Å². The lowest BCUT2D eigenvalue weighted by Gasteiger charge is -2.11. The standard InChI is InChI=1S/C14H15NO2/c1-2-16-14-10-11(15)8-9-13(14)17-12-6-4-3-5-7-12/h3-10H,2,15H2,1H3. The van der Waals surface area contributed by atoms with Crippen molar-refractivity contribution < 1.29 is 9.47 Å². The number of nitrogens with two attached hydrogens (primary N) is 1. The molecule has 0 aliphatic carbocycles. The molecule has 17 heavy (non-hydrogen) atoms. The van der Waals surface area contributed by atoms with E-state index in [0.29, 0.717) is 23.8 Å². The van der Waals surface area contributed by atoms with Crippen LogP contribution in [0, 0.1) is 0 Å². The van der Waals surface area contributed by atoms with Crippen LogP contribution in [0.4, 0.5) is 5.69 Å². The molecule has 2 rings (SSSR count). The second-order valence-corrected chi connectivity index (χ2v) is 3.55. The molecule has 2 aromatic carbocycles. The molecule has 88 valence electrons. The van der Waals surface area contributed by atoms with Gasteiger partial charge in [0.05, 0.1) is 6.61 Å². The molecule has 0 heterocycles. The Morgan fingerprint density at radius 2 is 1.76 bits per heavy atom. The third-order valence-electron chi connectivity index (χ3n) is 2.24. The third-order valence-corrected chi connectivity index (χ3v) is 2.24. The van der Waals surface area contributed by atoms with Gasteiger partial charge in [0.15, 0.2) is 11.5 Å². The van der Waals surface area contributed by atoms with Gasteiger partial charge in [-0.25, -0.2) is 0 Å². The lowest BCUT2D eigenvalue weighted by Crippen LogP contribution is -1.96. The first kappa shape index (κ1) is 11.3. The smallest absolute Gasteiger partial charge is 0.169 e. The van der Waals surface area contributed by atoms with Crippen molar-refractivity contribution in [2.45, 2.75) is 6.92 Å². The molecule has 3 nitrogen and oxygen atoms in total. The Labute approximate surface area is 101 Å². The van der Waals surface area contributed by atoms with Gasteiger partial charge in [-0.1, -0.05) is 18.2 Å². The molecule has 0 aliphatic heterocycles. The summed E-state index contributed by atoms with van der Waals surface area (Å²) in [6.07, 6.45) is 0. The van der Waals surface area contributed by atoms with Crippen LogP contribution in [0.2, 0.25) is 0 Å². The number of para-hydroxylation sites is 1. The van der Waals surface area contributed by atoms with Crippen molar-refractivity contribution in [1.29, 1.82) is 0 Å². The number of benzene rings is 2. The van der Waals surface area contributed by atoms with Crippen LogP contribution in [-0.2, 0) is 0 Å². The van der Waals surface area contributed by atoms with Gasteiger partial charge in [0.2, 0.25) is 0 Å². The van der Waals surface area contributed by atoms with Crippen LogP contribution >= 0.6 is 0 Å². The second-order valence-electron chi connectivity index (χ2n) is 3.55. The summed E-state index contributed by atoms with van der Waals surface area (Å²) in [7, 11) is 0. The molecular weight excluding hydrogens is 214 g/mol. The Balaban J connectivity index is 2.26. The average Bonchev–Trinajstić information content (AvgIpc) is 2.34. The quantitative estimate of drug-likeness (QED) is 0.816. The molecular formula is C14H15NO2. The highest BCUT2D eigenvalue weighted by molar-refractivity contribution is 5.53. The van der Waals surface area contributed by atoms with Crippen molar-refractivity contribution in [2.75, 3.05) is 12.3 Å². The summed E-state index contributed by atoms with van der Waals surface area (Å²) >= 11 is 0. The van der Waals surface area contributed by atoms with E-state index in [1.54, 1.807) is 12.1 Å². The van der Waals surface area contributed by atoms with Crippen LogP contribution in [-0.4, -0.2) is 6.61 Å². The minimum Gasteiger partial charge on any atom is -0.490 e. The number of hydrogen-bond donors (Lipinski definition) is 1. The van der Waals surface area contributed by atoms with Gasteiger partial charge in [-0.2, -0.15) is 0 Å². The number of hydrogen-bond acceptors (Lipinski definition) is 3. The Morgan fingerprint density at radius 3 is 2.47 bits per heavy atom. The summed E-state index contributed by atoms with van der Waals surface area (Å²) in [5, 5.41) is 0. The molecule has 3 heteroatoms. The first-order valence-corrected chi connectivity index (χ1v) is 5.55. The molecule has 0 saturated heterocycles. The van der Waals surface area contributed by atoms with Crippen LogP contribution in [0.25, 0.3) is 0 Å². The van der Waals surface area contributed by atoms with Crippen LogP contribution < -0.4 is 15.2 Å². The number of nitrogen functional groups attached to an aromatic ring is 1. The van der Waals surface area contributed by atoms with E-state index in [1.807, 2.05) is 43.3 Å². The molecule has 0 bridgehead atoms. The molecule has 0 unspecified atom stereocenters.